The summed E-state index contributed by atoms with van der Waals surface area (Å²) >= 11 is 0. The van der Waals surface area contributed by atoms with E-state index in [0.29, 0.717) is 11.3 Å². The Morgan fingerprint density at radius 3 is 2.60 bits per heavy atom. The minimum absolute atomic E-state index is 0.0274. The Kier molecular flexibility index (Phi) is 6.73. The van der Waals surface area contributed by atoms with E-state index in [0.717, 1.165) is 49.2 Å². The fourth-order valence-corrected chi connectivity index (χ4v) is 4.73. The van der Waals surface area contributed by atoms with Crippen molar-refractivity contribution in [3.05, 3.63) is 95.8 Å². The summed E-state index contributed by atoms with van der Waals surface area (Å²) in [5.74, 6) is 0.943. The number of nitrogens with one attached hydrogen (secondary N) is 3. The van der Waals surface area contributed by atoms with Gasteiger partial charge in [-0.3, -0.25) is 4.90 Å². The largest absolute Gasteiger partial charge is 0.341 e. The van der Waals surface area contributed by atoms with Gasteiger partial charge in [-0.25, -0.2) is 9.78 Å². The molecule has 3 aromatic carbocycles. The van der Waals surface area contributed by atoms with E-state index < -0.39 is 0 Å². The molecule has 0 radical (unpaired) electrons. The zero-order valence-electron chi connectivity index (χ0n) is 19.4. The molecule has 5 rings (SSSR count). The van der Waals surface area contributed by atoms with Gasteiger partial charge in [-0.2, -0.15) is 5.26 Å². The van der Waals surface area contributed by atoms with Crippen LogP contribution in [-0.2, 0) is 6.42 Å². The van der Waals surface area contributed by atoms with Gasteiger partial charge < -0.3 is 15.6 Å². The molecule has 1 fully saturated rings. The summed E-state index contributed by atoms with van der Waals surface area (Å²) in [6, 6.07) is 27.4. The number of H-pyrrole nitrogens is 1. The minimum Gasteiger partial charge on any atom is -0.341 e. The Labute approximate surface area is 204 Å². The third-order valence-electron chi connectivity index (χ3n) is 6.57. The van der Waals surface area contributed by atoms with Crippen molar-refractivity contribution in [2.45, 2.75) is 31.3 Å². The number of aromatic amines is 1. The number of carbonyl (C=O) groups excluding carboxylic acids is 1. The molecular weight excluding hydrogens is 436 g/mol. The average Bonchev–Trinajstić information content (AvgIpc) is 3.33. The van der Waals surface area contributed by atoms with Gasteiger partial charge in [0.15, 0.2) is 0 Å². The first-order valence-corrected chi connectivity index (χ1v) is 12.0. The Morgan fingerprint density at radius 2 is 1.83 bits per heavy atom. The lowest BCUT2D eigenvalue weighted by atomic mass is 9.96. The maximum absolute atomic E-state index is 12.7. The number of imidazole rings is 1. The number of nitrogens with zero attached hydrogens (tertiary/aromatic N) is 3. The number of amides is 2. The van der Waals surface area contributed by atoms with Gasteiger partial charge in [0, 0.05) is 24.8 Å². The highest BCUT2D eigenvalue weighted by Crippen LogP contribution is 2.31. The van der Waals surface area contributed by atoms with E-state index >= 15 is 0 Å². The van der Waals surface area contributed by atoms with Crippen molar-refractivity contribution in [2.75, 3.05) is 18.4 Å². The first-order chi connectivity index (χ1) is 17.2. The molecule has 176 valence electrons. The van der Waals surface area contributed by atoms with Crippen LogP contribution in [0.5, 0.6) is 0 Å². The molecular formula is C28H28N6O. The first kappa shape index (κ1) is 22.6. The molecule has 1 aromatic heterocycles. The van der Waals surface area contributed by atoms with Crippen LogP contribution in [0.1, 0.15) is 35.8 Å². The van der Waals surface area contributed by atoms with E-state index in [2.05, 4.69) is 50.9 Å². The molecule has 0 aliphatic carbocycles. The van der Waals surface area contributed by atoms with Crippen LogP contribution in [-0.4, -0.2) is 40.0 Å². The van der Waals surface area contributed by atoms with E-state index in [9.17, 15) is 4.79 Å². The predicted molar refractivity (Wildman–Crippen MR) is 137 cm³/mol. The second-order valence-electron chi connectivity index (χ2n) is 8.94. The Bertz CT molecular complexity index is 1290. The molecule has 2 atom stereocenters. The van der Waals surface area contributed by atoms with Gasteiger partial charge in [0.1, 0.15) is 5.82 Å². The molecule has 4 aromatic rings. The molecule has 0 bridgehead atoms. The van der Waals surface area contributed by atoms with Crippen molar-refractivity contribution < 1.29 is 4.79 Å². The van der Waals surface area contributed by atoms with Gasteiger partial charge in [0.25, 0.3) is 0 Å². The van der Waals surface area contributed by atoms with Gasteiger partial charge in [0.2, 0.25) is 0 Å². The molecule has 1 aliphatic heterocycles. The summed E-state index contributed by atoms with van der Waals surface area (Å²) < 4.78 is 0. The summed E-state index contributed by atoms with van der Waals surface area (Å²) in [6.45, 7) is 1.80. The lowest BCUT2D eigenvalue weighted by molar-refractivity contribution is 0.123. The number of fused-ring (bicyclic) bond motifs is 1. The SMILES string of the molecule is N#Cc1ccc(NC(=O)NC2CCN(CCc3ccccc3)C(c3nc4ccccc4[nH]3)C2)cc1. The quantitative estimate of drug-likeness (QED) is 0.374. The highest BCUT2D eigenvalue weighted by molar-refractivity contribution is 5.89. The summed E-state index contributed by atoms with van der Waals surface area (Å²) in [4.78, 5) is 23.6. The minimum atomic E-state index is -0.235. The van der Waals surface area contributed by atoms with E-state index in [1.54, 1.807) is 24.3 Å². The highest BCUT2D eigenvalue weighted by atomic mass is 16.2. The third kappa shape index (κ3) is 5.51. The van der Waals surface area contributed by atoms with Crippen LogP contribution in [0.3, 0.4) is 0 Å². The molecule has 2 heterocycles. The van der Waals surface area contributed by atoms with E-state index in [1.165, 1.54) is 5.56 Å². The van der Waals surface area contributed by atoms with Crippen molar-refractivity contribution in [3.8, 4) is 6.07 Å². The van der Waals surface area contributed by atoms with Crippen LogP contribution >= 0.6 is 0 Å². The summed E-state index contributed by atoms with van der Waals surface area (Å²) in [6.07, 6.45) is 2.61. The van der Waals surface area contributed by atoms with Crippen LogP contribution in [0.15, 0.2) is 78.9 Å². The number of carbonyl (C=O) groups is 1. The number of nitriles is 1. The molecule has 2 unspecified atom stereocenters. The number of hydrogen-bond acceptors (Lipinski definition) is 4. The third-order valence-corrected chi connectivity index (χ3v) is 6.57. The smallest absolute Gasteiger partial charge is 0.319 e. The number of aromatic nitrogens is 2. The second kappa shape index (κ2) is 10.4. The Balaban J connectivity index is 1.28. The Morgan fingerprint density at radius 1 is 1.06 bits per heavy atom. The predicted octanol–water partition coefficient (Wildman–Crippen LogP) is 5.00. The molecule has 2 amide bonds. The molecule has 7 heteroatoms. The van der Waals surface area contributed by atoms with E-state index in [-0.39, 0.29) is 18.1 Å². The lowest BCUT2D eigenvalue weighted by Gasteiger charge is -2.38. The van der Waals surface area contributed by atoms with Crippen LogP contribution in [0.4, 0.5) is 10.5 Å². The molecule has 0 spiro atoms. The zero-order valence-corrected chi connectivity index (χ0v) is 19.4. The van der Waals surface area contributed by atoms with Gasteiger partial charge >= 0.3 is 6.03 Å². The summed E-state index contributed by atoms with van der Waals surface area (Å²) in [5.41, 5.74) is 4.53. The van der Waals surface area contributed by atoms with Crippen molar-refractivity contribution in [1.29, 1.82) is 5.26 Å². The number of likely N-dealkylation sites (tertiary alicyclic amines) is 1. The number of hydrogen-bond donors (Lipinski definition) is 3. The first-order valence-electron chi connectivity index (χ1n) is 12.0. The molecule has 35 heavy (non-hydrogen) atoms. The average molecular weight is 465 g/mol. The monoisotopic (exact) mass is 464 g/mol. The number of anilines is 1. The van der Waals surface area contributed by atoms with E-state index in [4.69, 9.17) is 10.2 Å². The van der Waals surface area contributed by atoms with Gasteiger partial charge in [-0.1, -0.05) is 42.5 Å². The molecule has 7 nitrogen and oxygen atoms in total. The van der Waals surface area contributed by atoms with E-state index in [1.807, 2.05) is 30.3 Å². The van der Waals surface area contributed by atoms with Crippen LogP contribution in [0, 0.1) is 11.3 Å². The number of piperidine rings is 1. The maximum atomic E-state index is 12.7. The number of rotatable bonds is 6. The standard InChI is InChI=1S/C28H28N6O/c29-19-21-10-12-22(13-11-21)30-28(35)31-23-15-17-34(16-14-20-6-2-1-3-7-20)26(18-23)27-32-24-8-4-5-9-25(24)33-27/h1-13,23,26H,14-18H2,(H,32,33)(H2,30,31,35). The second-order valence-corrected chi connectivity index (χ2v) is 8.94. The molecule has 0 saturated carbocycles. The fourth-order valence-electron chi connectivity index (χ4n) is 4.73. The van der Waals surface area contributed by atoms with Crippen molar-refractivity contribution in [1.82, 2.24) is 20.2 Å². The Hall–Kier alpha value is -4.15. The van der Waals surface area contributed by atoms with Crippen LogP contribution < -0.4 is 10.6 Å². The normalized spacial score (nSPS) is 18.1. The number of benzene rings is 3. The highest BCUT2D eigenvalue weighted by Gasteiger charge is 2.32. The van der Waals surface area contributed by atoms with Crippen LogP contribution in [0.25, 0.3) is 11.0 Å². The van der Waals surface area contributed by atoms with Gasteiger partial charge in [-0.05, 0) is 61.2 Å². The van der Waals surface area contributed by atoms with Crippen molar-refractivity contribution >= 4 is 22.8 Å². The van der Waals surface area contributed by atoms with Crippen molar-refractivity contribution in [2.24, 2.45) is 0 Å². The summed E-state index contributed by atoms with van der Waals surface area (Å²) in [5, 5.41) is 15.0. The zero-order chi connectivity index (χ0) is 24.0. The molecule has 1 aliphatic rings. The van der Waals surface area contributed by atoms with Gasteiger partial charge in [0.05, 0.1) is 28.7 Å². The van der Waals surface area contributed by atoms with Crippen molar-refractivity contribution in [3.63, 3.8) is 0 Å². The summed E-state index contributed by atoms with van der Waals surface area (Å²) in [7, 11) is 0. The topological polar surface area (TPSA) is 96.8 Å². The maximum Gasteiger partial charge on any atom is 0.319 e. The molecule has 1 saturated heterocycles. The van der Waals surface area contributed by atoms with Crippen LogP contribution in [0.2, 0.25) is 0 Å². The van der Waals surface area contributed by atoms with Gasteiger partial charge in [-0.15, -0.1) is 0 Å². The number of para-hydroxylation sites is 2. The number of urea groups is 1. The fraction of sp³-hybridized carbons (Fsp3) is 0.250. The lowest BCUT2D eigenvalue weighted by Crippen LogP contribution is -2.48. The molecule has 3 N–H and O–H groups in total.